The highest BCUT2D eigenvalue weighted by molar-refractivity contribution is 6.00. The lowest BCUT2D eigenvalue weighted by Gasteiger charge is -2.18. The van der Waals surface area contributed by atoms with E-state index in [0.29, 0.717) is 17.7 Å². The van der Waals surface area contributed by atoms with E-state index in [-0.39, 0.29) is 11.6 Å². The number of amides is 2. The predicted molar refractivity (Wildman–Crippen MR) is 86.0 cm³/mol. The Hall–Kier alpha value is -3.35. The number of rotatable bonds is 3. The largest absolute Gasteiger partial charge is 0.472 e. The minimum atomic E-state index is -0.609. The molecular weight excluding hydrogens is 308 g/mol. The molecule has 24 heavy (non-hydrogen) atoms. The van der Waals surface area contributed by atoms with Crippen molar-refractivity contribution in [2.75, 3.05) is 5.43 Å². The Morgan fingerprint density at radius 3 is 2.79 bits per heavy atom. The second-order valence-electron chi connectivity index (χ2n) is 5.56. The summed E-state index contributed by atoms with van der Waals surface area (Å²) in [7, 11) is 0. The Bertz CT molecular complexity index is 941. The summed E-state index contributed by atoms with van der Waals surface area (Å²) >= 11 is 0. The van der Waals surface area contributed by atoms with E-state index in [9.17, 15) is 9.59 Å². The van der Waals surface area contributed by atoms with E-state index in [2.05, 4.69) is 10.5 Å². The summed E-state index contributed by atoms with van der Waals surface area (Å²) in [5.74, 6) is -0.991. The van der Waals surface area contributed by atoms with Crippen molar-refractivity contribution in [1.29, 1.82) is 0 Å². The number of fused-ring (bicyclic) bond motifs is 3. The number of hydrogen-bond donors (Lipinski definition) is 2. The Labute approximate surface area is 137 Å². The number of aryl methyl sites for hydroxylation is 1. The SMILES string of the molecule is NC(=O)c1nn(NC(=O)c2ccoc2)c2c1CCc1ccccc1-2. The van der Waals surface area contributed by atoms with Crippen LogP contribution in [0.25, 0.3) is 11.3 Å². The topological polar surface area (TPSA) is 103 Å². The second kappa shape index (κ2) is 5.38. The van der Waals surface area contributed by atoms with E-state index in [0.717, 1.165) is 23.1 Å². The van der Waals surface area contributed by atoms with Crippen molar-refractivity contribution in [1.82, 2.24) is 9.89 Å². The lowest BCUT2D eigenvalue weighted by Crippen LogP contribution is -2.25. The third-order valence-corrected chi connectivity index (χ3v) is 4.12. The molecule has 7 nitrogen and oxygen atoms in total. The zero-order valence-corrected chi connectivity index (χ0v) is 12.7. The van der Waals surface area contributed by atoms with Crippen LogP contribution in [0.5, 0.6) is 0 Å². The minimum absolute atomic E-state index is 0.187. The fraction of sp³-hybridized carbons (Fsp3) is 0.118. The van der Waals surface area contributed by atoms with Crippen LogP contribution in [0.2, 0.25) is 0 Å². The van der Waals surface area contributed by atoms with Gasteiger partial charge in [0.25, 0.3) is 11.8 Å². The molecule has 1 aliphatic rings. The summed E-state index contributed by atoms with van der Waals surface area (Å²) in [6, 6.07) is 9.39. The first-order valence-corrected chi connectivity index (χ1v) is 7.48. The third kappa shape index (κ3) is 2.18. The average Bonchev–Trinajstić information content (AvgIpc) is 3.23. The van der Waals surface area contributed by atoms with Gasteiger partial charge in [-0.2, -0.15) is 4.79 Å². The summed E-state index contributed by atoms with van der Waals surface area (Å²) in [4.78, 5) is 25.4. The molecule has 1 aliphatic carbocycles. The first kappa shape index (κ1) is 14.3. The fourth-order valence-corrected chi connectivity index (χ4v) is 3.03. The molecule has 7 heteroatoms. The Morgan fingerprint density at radius 1 is 1.21 bits per heavy atom. The molecule has 0 fully saturated rings. The van der Waals surface area contributed by atoms with Crippen molar-refractivity contribution in [3.05, 3.63) is 65.2 Å². The van der Waals surface area contributed by atoms with Crippen molar-refractivity contribution in [2.24, 2.45) is 5.73 Å². The van der Waals surface area contributed by atoms with Crippen LogP contribution in [0, 0.1) is 0 Å². The molecule has 0 radical (unpaired) electrons. The maximum Gasteiger partial charge on any atom is 0.274 e. The van der Waals surface area contributed by atoms with Gasteiger partial charge in [-0.25, -0.2) is 5.43 Å². The molecule has 3 N–H and O–H groups in total. The van der Waals surface area contributed by atoms with Crippen LogP contribution >= 0.6 is 0 Å². The monoisotopic (exact) mass is 322 g/mol. The van der Waals surface area contributed by atoms with Gasteiger partial charge in [-0.15, -0.1) is 5.10 Å². The first-order chi connectivity index (χ1) is 11.6. The van der Waals surface area contributed by atoms with E-state index in [1.165, 1.54) is 17.3 Å². The molecule has 2 aromatic heterocycles. The molecule has 2 amide bonds. The van der Waals surface area contributed by atoms with Crippen LogP contribution in [-0.2, 0) is 12.8 Å². The van der Waals surface area contributed by atoms with Gasteiger partial charge in [0.1, 0.15) is 6.26 Å². The lowest BCUT2D eigenvalue weighted by atomic mass is 9.89. The summed E-state index contributed by atoms with van der Waals surface area (Å²) in [6.07, 6.45) is 4.20. The smallest absolute Gasteiger partial charge is 0.274 e. The molecule has 0 atom stereocenters. The molecule has 120 valence electrons. The molecule has 0 bridgehead atoms. The van der Waals surface area contributed by atoms with Crippen molar-refractivity contribution < 1.29 is 14.0 Å². The van der Waals surface area contributed by atoms with Crippen molar-refractivity contribution in [3.8, 4) is 11.3 Å². The van der Waals surface area contributed by atoms with Gasteiger partial charge in [0, 0.05) is 11.1 Å². The number of aromatic nitrogens is 2. The first-order valence-electron chi connectivity index (χ1n) is 7.48. The number of nitrogens with two attached hydrogens (primary N) is 1. The molecule has 0 saturated carbocycles. The fourth-order valence-electron chi connectivity index (χ4n) is 3.03. The summed E-state index contributed by atoms with van der Waals surface area (Å²) in [5, 5.41) is 4.22. The quantitative estimate of drug-likeness (QED) is 0.766. The molecule has 4 rings (SSSR count). The normalized spacial score (nSPS) is 12.3. The number of benzene rings is 1. The van der Waals surface area contributed by atoms with Crippen LogP contribution < -0.4 is 11.2 Å². The van der Waals surface area contributed by atoms with Crippen LogP contribution in [0.4, 0.5) is 0 Å². The third-order valence-electron chi connectivity index (χ3n) is 4.12. The van der Waals surface area contributed by atoms with Crippen LogP contribution in [0.3, 0.4) is 0 Å². The maximum atomic E-state index is 12.3. The standard InChI is InChI=1S/C17H14N4O3/c18-16(22)14-13-6-5-10-3-1-2-4-12(10)15(13)21(19-14)20-17(23)11-7-8-24-9-11/h1-4,7-9H,5-6H2,(H2,18,22)(H,20,23). The summed E-state index contributed by atoms with van der Waals surface area (Å²) in [5.41, 5.74) is 12.2. The number of nitrogens with zero attached hydrogens (tertiary/aromatic N) is 2. The average molecular weight is 322 g/mol. The Morgan fingerprint density at radius 2 is 2.04 bits per heavy atom. The van der Waals surface area contributed by atoms with Gasteiger partial charge in [0.2, 0.25) is 0 Å². The molecule has 0 unspecified atom stereocenters. The zero-order chi connectivity index (χ0) is 16.7. The summed E-state index contributed by atoms with van der Waals surface area (Å²) < 4.78 is 4.92. The van der Waals surface area contributed by atoms with Gasteiger partial charge in [-0.05, 0) is 24.5 Å². The van der Waals surface area contributed by atoms with Gasteiger partial charge in [0.05, 0.1) is 17.5 Å². The van der Waals surface area contributed by atoms with Crippen LogP contribution in [0.15, 0.2) is 47.3 Å². The highest BCUT2D eigenvalue weighted by atomic mass is 16.3. The number of carbonyl (C=O) groups excluding carboxylic acids is 2. The van der Waals surface area contributed by atoms with E-state index < -0.39 is 5.91 Å². The van der Waals surface area contributed by atoms with Gasteiger partial charge in [-0.3, -0.25) is 9.59 Å². The van der Waals surface area contributed by atoms with E-state index in [1.54, 1.807) is 6.07 Å². The number of primary amides is 1. The van der Waals surface area contributed by atoms with E-state index in [1.807, 2.05) is 24.3 Å². The van der Waals surface area contributed by atoms with E-state index >= 15 is 0 Å². The van der Waals surface area contributed by atoms with Crippen molar-refractivity contribution in [2.45, 2.75) is 12.8 Å². The van der Waals surface area contributed by atoms with Crippen molar-refractivity contribution >= 4 is 11.8 Å². The summed E-state index contributed by atoms with van der Waals surface area (Å²) in [6.45, 7) is 0. The Kier molecular flexibility index (Phi) is 3.19. The molecule has 0 spiro atoms. The molecular formula is C17H14N4O3. The highest BCUT2D eigenvalue weighted by Crippen LogP contribution is 2.34. The number of hydrogen-bond acceptors (Lipinski definition) is 4. The van der Waals surface area contributed by atoms with Crippen LogP contribution in [0.1, 0.15) is 32.0 Å². The zero-order valence-electron chi connectivity index (χ0n) is 12.7. The predicted octanol–water partition coefficient (Wildman–Crippen LogP) is 1.72. The van der Waals surface area contributed by atoms with Gasteiger partial charge >= 0.3 is 0 Å². The second-order valence-corrected chi connectivity index (χ2v) is 5.56. The van der Waals surface area contributed by atoms with Gasteiger partial charge < -0.3 is 10.2 Å². The van der Waals surface area contributed by atoms with Crippen LogP contribution in [-0.4, -0.2) is 21.7 Å². The van der Waals surface area contributed by atoms with Gasteiger partial charge in [0.15, 0.2) is 5.69 Å². The van der Waals surface area contributed by atoms with E-state index in [4.69, 9.17) is 10.2 Å². The maximum absolute atomic E-state index is 12.3. The highest BCUT2D eigenvalue weighted by Gasteiger charge is 2.28. The Balaban J connectivity index is 1.84. The molecule has 1 aromatic carbocycles. The molecule has 3 aromatic rings. The molecule has 2 heterocycles. The van der Waals surface area contributed by atoms with Crippen molar-refractivity contribution in [3.63, 3.8) is 0 Å². The van der Waals surface area contributed by atoms with Gasteiger partial charge in [-0.1, -0.05) is 24.3 Å². The molecule has 0 saturated heterocycles. The minimum Gasteiger partial charge on any atom is -0.472 e. The molecule has 0 aliphatic heterocycles. The number of carbonyl (C=O) groups is 2. The number of nitrogens with one attached hydrogen (secondary N) is 1. The number of furan rings is 1. The lowest BCUT2D eigenvalue weighted by molar-refractivity contribution is 0.0983.